The molecule has 0 aliphatic carbocycles. The number of hydrogen-bond acceptors (Lipinski definition) is 5. The lowest BCUT2D eigenvalue weighted by Crippen LogP contribution is -2.45. The summed E-state index contributed by atoms with van der Waals surface area (Å²) >= 11 is 1.18. The van der Waals surface area contributed by atoms with Crippen molar-refractivity contribution in [3.63, 3.8) is 0 Å². The number of halogens is 3. The number of carbonyl (C=O) groups is 2. The number of alkyl halides is 3. The molecule has 0 bridgehead atoms. The fourth-order valence-electron chi connectivity index (χ4n) is 6.21. The second kappa shape index (κ2) is 11.8. The Bertz CT molecular complexity index is 1830. The van der Waals surface area contributed by atoms with Gasteiger partial charge in [0.05, 0.1) is 5.56 Å². The number of carbonyl (C=O) groups excluding carboxylic acids is 1. The number of fused-ring (bicyclic) bond motifs is 2. The highest BCUT2D eigenvalue weighted by molar-refractivity contribution is 7.97. The third kappa shape index (κ3) is 5.39. The van der Waals surface area contributed by atoms with Gasteiger partial charge in [0.1, 0.15) is 16.8 Å². The summed E-state index contributed by atoms with van der Waals surface area (Å²) in [7, 11) is 0. The molecule has 1 fully saturated rings. The van der Waals surface area contributed by atoms with Crippen LogP contribution in [0.2, 0.25) is 0 Å². The first-order valence-electron chi connectivity index (χ1n) is 14.5. The van der Waals surface area contributed by atoms with Gasteiger partial charge in [0.2, 0.25) is 5.91 Å². The number of aromatic nitrogens is 1. The lowest BCUT2D eigenvalue weighted by molar-refractivity contribution is -0.141. The standard InChI is InChI=1S/C33H30F3N3O4S/c1-2-15-37-19-26(32(42)43)39-30(41)29(38-16-7-14-27(38)40)25(18-21-10-5-9-20-8-3-4-13-24(20)21)28(31(39)44-37)22-11-6-12-23(17-22)33(34,35)36/h3-6,8-13,17,26H,2,7,14-16,18-19H2,1H3,(H,42,43). The van der Waals surface area contributed by atoms with Crippen LogP contribution in [0, 0.1) is 0 Å². The van der Waals surface area contributed by atoms with Crippen LogP contribution in [-0.4, -0.2) is 45.5 Å². The van der Waals surface area contributed by atoms with Crippen molar-refractivity contribution in [1.29, 1.82) is 0 Å². The summed E-state index contributed by atoms with van der Waals surface area (Å²) in [5.74, 6) is -1.51. The molecular formula is C33H30F3N3O4S. The van der Waals surface area contributed by atoms with Gasteiger partial charge in [-0.2, -0.15) is 13.2 Å². The largest absolute Gasteiger partial charge is 0.480 e. The number of rotatable bonds is 7. The zero-order valence-electron chi connectivity index (χ0n) is 23.9. The Morgan fingerprint density at radius 3 is 2.50 bits per heavy atom. The minimum atomic E-state index is -4.63. The number of aliphatic carboxylic acids is 1. The summed E-state index contributed by atoms with van der Waals surface area (Å²) in [6.45, 7) is 2.74. The highest BCUT2D eigenvalue weighted by Crippen LogP contribution is 2.45. The topological polar surface area (TPSA) is 82.8 Å². The van der Waals surface area contributed by atoms with Gasteiger partial charge >= 0.3 is 12.1 Å². The van der Waals surface area contributed by atoms with Crippen LogP contribution in [0.1, 0.15) is 48.9 Å². The molecule has 1 amide bonds. The minimum absolute atomic E-state index is 0.0266. The summed E-state index contributed by atoms with van der Waals surface area (Å²) in [6.07, 6.45) is -3.06. The van der Waals surface area contributed by atoms with Crippen LogP contribution in [0.15, 0.2) is 76.6 Å². The molecule has 2 aliphatic rings. The van der Waals surface area contributed by atoms with E-state index in [9.17, 15) is 32.7 Å². The zero-order chi connectivity index (χ0) is 31.2. The quantitative estimate of drug-likeness (QED) is 0.230. The van der Waals surface area contributed by atoms with E-state index in [-0.39, 0.29) is 48.1 Å². The molecule has 1 N–H and O–H groups in total. The van der Waals surface area contributed by atoms with Crippen LogP contribution in [0.4, 0.5) is 18.9 Å². The van der Waals surface area contributed by atoms with Gasteiger partial charge in [-0.25, -0.2) is 9.10 Å². The molecule has 11 heteroatoms. The Morgan fingerprint density at radius 2 is 1.80 bits per heavy atom. The highest BCUT2D eigenvalue weighted by atomic mass is 32.2. The molecule has 0 radical (unpaired) electrons. The first kappa shape index (κ1) is 30.0. The van der Waals surface area contributed by atoms with Gasteiger partial charge < -0.3 is 10.0 Å². The predicted molar refractivity (Wildman–Crippen MR) is 164 cm³/mol. The van der Waals surface area contributed by atoms with Crippen LogP contribution in [0.5, 0.6) is 0 Å². The van der Waals surface area contributed by atoms with Crippen LogP contribution < -0.4 is 10.5 Å². The second-order valence-electron chi connectivity index (χ2n) is 11.1. The van der Waals surface area contributed by atoms with Gasteiger partial charge in [0, 0.05) is 38.0 Å². The molecule has 1 atom stereocenters. The number of hydrogen-bond donors (Lipinski definition) is 1. The summed E-state index contributed by atoms with van der Waals surface area (Å²) in [5, 5.41) is 12.4. The smallest absolute Gasteiger partial charge is 0.416 e. The van der Waals surface area contributed by atoms with E-state index in [4.69, 9.17) is 0 Å². The Kier molecular flexibility index (Phi) is 8.02. The van der Waals surface area contributed by atoms with Crippen molar-refractivity contribution in [3.05, 3.63) is 93.8 Å². The second-order valence-corrected chi connectivity index (χ2v) is 12.1. The molecule has 3 aromatic carbocycles. The van der Waals surface area contributed by atoms with Gasteiger partial charge in [0.25, 0.3) is 5.56 Å². The van der Waals surface area contributed by atoms with Crippen molar-refractivity contribution in [2.75, 3.05) is 24.5 Å². The number of anilines is 1. The third-order valence-corrected chi connectivity index (χ3v) is 9.34. The molecular weight excluding hydrogens is 591 g/mol. The van der Waals surface area contributed by atoms with Crippen molar-refractivity contribution < 1.29 is 27.9 Å². The minimum Gasteiger partial charge on any atom is -0.480 e. The van der Waals surface area contributed by atoms with Crippen LogP contribution in [0.25, 0.3) is 21.9 Å². The highest BCUT2D eigenvalue weighted by Gasteiger charge is 2.39. The van der Waals surface area contributed by atoms with Gasteiger partial charge in [0.15, 0.2) is 0 Å². The van der Waals surface area contributed by atoms with Gasteiger partial charge in [-0.1, -0.05) is 61.5 Å². The lowest BCUT2D eigenvalue weighted by atomic mass is 9.91. The van der Waals surface area contributed by atoms with E-state index in [2.05, 4.69) is 0 Å². The molecule has 44 heavy (non-hydrogen) atoms. The Balaban J connectivity index is 1.73. The number of benzene rings is 3. The maximum Gasteiger partial charge on any atom is 0.416 e. The molecule has 1 aromatic heterocycles. The maximum atomic E-state index is 14.5. The van der Waals surface area contributed by atoms with Crippen molar-refractivity contribution >= 4 is 40.3 Å². The van der Waals surface area contributed by atoms with Crippen molar-refractivity contribution in [2.45, 2.75) is 49.9 Å². The maximum absolute atomic E-state index is 14.5. The van der Waals surface area contributed by atoms with Gasteiger partial charge in [-0.05, 0) is 64.4 Å². The number of carboxylic acids is 1. The van der Waals surface area contributed by atoms with E-state index >= 15 is 0 Å². The number of carboxylic acid groups (broad SMARTS) is 1. The first-order valence-corrected chi connectivity index (χ1v) is 15.3. The van der Waals surface area contributed by atoms with Crippen LogP contribution in [-0.2, 0) is 22.2 Å². The zero-order valence-corrected chi connectivity index (χ0v) is 24.8. The van der Waals surface area contributed by atoms with E-state index in [1.165, 1.54) is 27.5 Å². The molecule has 3 heterocycles. The third-order valence-electron chi connectivity index (χ3n) is 8.17. The van der Waals surface area contributed by atoms with E-state index in [1.54, 1.807) is 6.07 Å². The number of amides is 1. The molecule has 7 nitrogen and oxygen atoms in total. The molecule has 1 saturated heterocycles. The molecule has 4 aromatic rings. The first-order chi connectivity index (χ1) is 21.1. The fraction of sp³-hybridized carbons (Fsp3) is 0.303. The normalized spacial score (nSPS) is 17.3. The summed E-state index contributed by atoms with van der Waals surface area (Å²) in [6, 6.07) is 17.0. The predicted octanol–water partition coefficient (Wildman–Crippen LogP) is 6.76. The summed E-state index contributed by atoms with van der Waals surface area (Å²) < 4.78 is 45.1. The number of nitrogens with zero attached hydrogens (tertiary/aromatic N) is 3. The van der Waals surface area contributed by atoms with Crippen molar-refractivity contribution in [3.8, 4) is 11.1 Å². The SMILES string of the molecule is CCCN1CC(C(=O)O)n2c(c(-c3cccc(C(F)(F)F)c3)c(Cc3cccc4ccccc34)c(N3CCCC3=O)c2=O)S1. The molecule has 2 aliphatic heterocycles. The van der Waals surface area contributed by atoms with E-state index in [0.717, 1.165) is 28.5 Å². The van der Waals surface area contributed by atoms with Gasteiger partial charge in [-0.3, -0.25) is 14.2 Å². The molecule has 6 rings (SSSR count). The number of pyridine rings is 1. The Morgan fingerprint density at radius 1 is 1.05 bits per heavy atom. The molecule has 228 valence electrons. The average molecular weight is 622 g/mol. The van der Waals surface area contributed by atoms with Gasteiger partial charge in [-0.15, -0.1) is 0 Å². The van der Waals surface area contributed by atoms with Crippen molar-refractivity contribution in [2.24, 2.45) is 0 Å². The molecule has 1 unspecified atom stereocenters. The monoisotopic (exact) mass is 621 g/mol. The molecule has 0 spiro atoms. The Hall–Kier alpha value is -4.09. The van der Waals surface area contributed by atoms with Crippen LogP contribution >= 0.6 is 11.9 Å². The van der Waals surface area contributed by atoms with E-state index < -0.39 is 29.3 Å². The average Bonchev–Trinajstić information content (AvgIpc) is 3.42. The summed E-state index contributed by atoms with van der Waals surface area (Å²) in [5.41, 5.74) is 0.300. The Labute approximate surface area is 256 Å². The lowest BCUT2D eigenvalue weighted by Gasteiger charge is -2.36. The van der Waals surface area contributed by atoms with Crippen molar-refractivity contribution in [1.82, 2.24) is 8.87 Å². The fourth-order valence-corrected chi connectivity index (χ4v) is 7.57. The van der Waals surface area contributed by atoms with Crippen LogP contribution in [0.3, 0.4) is 0 Å². The summed E-state index contributed by atoms with van der Waals surface area (Å²) in [4.78, 5) is 41.7. The van der Waals surface area contributed by atoms with E-state index in [0.29, 0.717) is 30.5 Å². The molecule has 0 saturated carbocycles. The van der Waals surface area contributed by atoms with E-state index in [1.807, 2.05) is 53.7 Å².